The maximum atomic E-state index is 6.08. The summed E-state index contributed by atoms with van der Waals surface area (Å²) in [5.74, 6) is 1.42. The fourth-order valence-electron chi connectivity index (χ4n) is 1.56. The van der Waals surface area contributed by atoms with Crippen molar-refractivity contribution >= 4 is 11.6 Å². The summed E-state index contributed by atoms with van der Waals surface area (Å²) in [6.07, 6.45) is 6.67. The van der Waals surface area contributed by atoms with E-state index >= 15 is 0 Å². The number of hydrogen-bond donors (Lipinski definition) is 1. The minimum atomic E-state index is 0.0317. The zero-order valence-electron chi connectivity index (χ0n) is 9.11. The van der Waals surface area contributed by atoms with Crippen LogP contribution in [0.2, 0.25) is 5.02 Å². The molecule has 0 radical (unpaired) electrons. The molecule has 0 aromatic heterocycles. The molecule has 1 aliphatic carbocycles. The first-order chi connectivity index (χ1) is 7.65. The Balaban J connectivity index is 2.18. The summed E-state index contributed by atoms with van der Waals surface area (Å²) < 4.78 is 5.67. The average Bonchev–Trinajstić information content (AvgIpc) is 2.22. The van der Waals surface area contributed by atoms with Gasteiger partial charge in [0.1, 0.15) is 11.5 Å². The lowest BCUT2D eigenvalue weighted by molar-refractivity contribution is 0.436. The molecular formula is C13H14ClNO. The Labute approximate surface area is 100 Å². The number of nitrogens with two attached hydrogens (primary N) is 1. The minimum absolute atomic E-state index is 0.0317. The molecule has 0 amide bonds. The van der Waals surface area contributed by atoms with E-state index in [9.17, 15) is 0 Å². The smallest absolute Gasteiger partial charge is 0.146 e. The Bertz CT molecular complexity index is 451. The van der Waals surface area contributed by atoms with Crippen LogP contribution in [0.3, 0.4) is 0 Å². The first-order valence-corrected chi connectivity index (χ1v) is 5.61. The second kappa shape index (κ2) is 4.73. The van der Waals surface area contributed by atoms with Gasteiger partial charge in [-0.3, -0.25) is 0 Å². The second-order valence-corrected chi connectivity index (χ2v) is 4.31. The van der Waals surface area contributed by atoms with Gasteiger partial charge in [-0.1, -0.05) is 23.7 Å². The van der Waals surface area contributed by atoms with Crippen LogP contribution >= 0.6 is 11.6 Å². The van der Waals surface area contributed by atoms with Gasteiger partial charge in [-0.25, -0.2) is 0 Å². The molecule has 0 bridgehead atoms. The SMILES string of the molecule is Cc1ccc(OC2=CC(N)CC=C2)c(Cl)c1. The summed E-state index contributed by atoms with van der Waals surface area (Å²) >= 11 is 6.08. The van der Waals surface area contributed by atoms with Gasteiger partial charge in [0.25, 0.3) is 0 Å². The summed E-state index contributed by atoms with van der Waals surface area (Å²) in [7, 11) is 0. The van der Waals surface area contributed by atoms with Crippen molar-refractivity contribution < 1.29 is 4.74 Å². The summed E-state index contributed by atoms with van der Waals surface area (Å²) in [6.45, 7) is 1.99. The highest BCUT2D eigenvalue weighted by molar-refractivity contribution is 6.32. The molecular weight excluding hydrogens is 222 g/mol. The van der Waals surface area contributed by atoms with Crippen molar-refractivity contribution in [2.45, 2.75) is 19.4 Å². The van der Waals surface area contributed by atoms with E-state index in [0.29, 0.717) is 10.8 Å². The fourth-order valence-corrected chi connectivity index (χ4v) is 1.83. The molecule has 0 fully saturated rings. The monoisotopic (exact) mass is 235 g/mol. The summed E-state index contributed by atoms with van der Waals surface area (Å²) in [5.41, 5.74) is 6.91. The molecule has 1 aliphatic rings. The molecule has 0 spiro atoms. The van der Waals surface area contributed by atoms with Gasteiger partial charge in [-0.05, 0) is 43.2 Å². The van der Waals surface area contributed by atoms with Crippen LogP contribution < -0.4 is 10.5 Å². The second-order valence-electron chi connectivity index (χ2n) is 3.91. The van der Waals surface area contributed by atoms with Gasteiger partial charge in [-0.2, -0.15) is 0 Å². The maximum absolute atomic E-state index is 6.08. The quantitative estimate of drug-likeness (QED) is 0.855. The van der Waals surface area contributed by atoms with E-state index in [-0.39, 0.29) is 6.04 Å². The predicted molar refractivity (Wildman–Crippen MR) is 66.6 cm³/mol. The highest BCUT2D eigenvalue weighted by Crippen LogP contribution is 2.27. The number of halogens is 1. The average molecular weight is 236 g/mol. The number of rotatable bonds is 2. The number of aryl methyl sites for hydroxylation is 1. The van der Waals surface area contributed by atoms with Crippen LogP contribution in [0.5, 0.6) is 5.75 Å². The molecule has 1 unspecified atom stereocenters. The van der Waals surface area contributed by atoms with Gasteiger partial charge in [0, 0.05) is 6.04 Å². The molecule has 0 heterocycles. The van der Waals surface area contributed by atoms with Crippen molar-refractivity contribution in [2.24, 2.45) is 5.73 Å². The molecule has 16 heavy (non-hydrogen) atoms. The number of ether oxygens (including phenoxy) is 1. The van der Waals surface area contributed by atoms with E-state index < -0.39 is 0 Å². The fraction of sp³-hybridized carbons (Fsp3) is 0.231. The Morgan fingerprint density at radius 2 is 2.25 bits per heavy atom. The molecule has 1 aromatic carbocycles. The van der Waals surface area contributed by atoms with Gasteiger partial charge in [0.15, 0.2) is 0 Å². The highest BCUT2D eigenvalue weighted by atomic mass is 35.5. The standard InChI is InChI=1S/C13H14ClNO/c1-9-5-6-13(12(14)7-9)16-11-4-2-3-10(15)8-11/h2,4-8,10H,3,15H2,1H3. The van der Waals surface area contributed by atoms with Crippen molar-refractivity contribution in [3.8, 4) is 5.75 Å². The lowest BCUT2D eigenvalue weighted by Crippen LogP contribution is -2.19. The van der Waals surface area contributed by atoms with E-state index in [2.05, 4.69) is 0 Å². The molecule has 0 saturated heterocycles. The van der Waals surface area contributed by atoms with E-state index in [1.165, 1.54) is 0 Å². The van der Waals surface area contributed by atoms with Crippen molar-refractivity contribution in [2.75, 3.05) is 0 Å². The number of hydrogen-bond acceptors (Lipinski definition) is 2. The lowest BCUT2D eigenvalue weighted by atomic mass is 10.1. The molecule has 1 aromatic rings. The zero-order chi connectivity index (χ0) is 11.5. The number of benzene rings is 1. The Kier molecular flexibility index (Phi) is 3.32. The molecule has 0 saturated carbocycles. The molecule has 84 valence electrons. The molecule has 2 rings (SSSR count). The Morgan fingerprint density at radius 3 is 2.94 bits per heavy atom. The molecule has 1 atom stereocenters. The lowest BCUT2D eigenvalue weighted by Gasteiger charge is -2.14. The van der Waals surface area contributed by atoms with Crippen LogP contribution in [0.25, 0.3) is 0 Å². The van der Waals surface area contributed by atoms with E-state index in [4.69, 9.17) is 22.1 Å². The van der Waals surface area contributed by atoms with E-state index in [1.54, 1.807) is 0 Å². The van der Waals surface area contributed by atoms with Crippen LogP contribution in [0.4, 0.5) is 0 Å². The third kappa shape index (κ3) is 2.65. The van der Waals surface area contributed by atoms with Crippen LogP contribution in [0.15, 0.2) is 42.2 Å². The predicted octanol–water partition coefficient (Wildman–Crippen LogP) is 3.20. The third-order valence-electron chi connectivity index (χ3n) is 2.38. The van der Waals surface area contributed by atoms with Crippen LogP contribution in [-0.4, -0.2) is 6.04 Å². The Hall–Kier alpha value is -1.25. The van der Waals surface area contributed by atoms with Gasteiger partial charge in [0.05, 0.1) is 5.02 Å². The molecule has 2 N–H and O–H groups in total. The van der Waals surface area contributed by atoms with Gasteiger partial charge < -0.3 is 10.5 Å². The van der Waals surface area contributed by atoms with Gasteiger partial charge in [0.2, 0.25) is 0 Å². The van der Waals surface area contributed by atoms with Crippen molar-refractivity contribution in [3.63, 3.8) is 0 Å². The zero-order valence-corrected chi connectivity index (χ0v) is 9.87. The van der Waals surface area contributed by atoms with Crippen molar-refractivity contribution in [1.29, 1.82) is 0 Å². The summed E-state index contributed by atoms with van der Waals surface area (Å²) in [5, 5.41) is 0.619. The summed E-state index contributed by atoms with van der Waals surface area (Å²) in [4.78, 5) is 0. The largest absolute Gasteiger partial charge is 0.456 e. The van der Waals surface area contributed by atoms with Crippen LogP contribution in [0, 0.1) is 6.92 Å². The molecule has 3 heteroatoms. The third-order valence-corrected chi connectivity index (χ3v) is 2.68. The first kappa shape index (κ1) is 11.2. The van der Waals surface area contributed by atoms with Gasteiger partial charge >= 0.3 is 0 Å². The van der Waals surface area contributed by atoms with Crippen LogP contribution in [-0.2, 0) is 0 Å². The van der Waals surface area contributed by atoms with Crippen molar-refractivity contribution in [3.05, 3.63) is 52.8 Å². The minimum Gasteiger partial charge on any atom is -0.456 e. The summed E-state index contributed by atoms with van der Waals surface area (Å²) in [6, 6.07) is 5.74. The van der Waals surface area contributed by atoms with Crippen LogP contribution in [0.1, 0.15) is 12.0 Å². The van der Waals surface area contributed by atoms with E-state index in [0.717, 1.165) is 17.7 Å². The maximum Gasteiger partial charge on any atom is 0.146 e. The topological polar surface area (TPSA) is 35.2 Å². The molecule has 0 aliphatic heterocycles. The van der Waals surface area contributed by atoms with Gasteiger partial charge in [-0.15, -0.1) is 0 Å². The van der Waals surface area contributed by atoms with Crippen molar-refractivity contribution in [1.82, 2.24) is 0 Å². The Morgan fingerprint density at radius 1 is 1.44 bits per heavy atom. The van der Waals surface area contributed by atoms with E-state index in [1.807, 2.05) is 43.4 Å². The normalized spacial score (nSPS) is 19.4. The number of allylic oxidation sites excluding steroid dienone is 1. The highest BCUT2D eigenvalue weighted by Gasteiger charge is 2.08. The molecule has 2 nitrogen and oxygen atoms in total. The first-order valence-electron chi connectivity index (χ1n) is 5.23.